The largest absolute Gasteiger partial charge is 0.381 e. The molecule has 1 saturated heterocycles. The zero-order valence-electron chi connectivity index (χ0n) is 4.43. The van der Waals surface area contributed by atoms with Crippen molar-refractivity contribution in [3.63, 3.8) is 0 Å². The van der Waals surface area contributed by atoms with Crippen LogP contribution >= 0.6 is 11.8 Å². The number of nitrogens with one attached hydrogen (secondary N) is 1. The molecule has 2 rings (SSSR count). The molecule has 2 fully saturated rings. The highest BCUT2D eigenvalue weighted by Gasteiger charge is 2.53. The van der Waals surface area contributed by atoms with Crippen LogP contribution < -0.4 is 4.84 Å². The van der Waals surface area contributed by atoms with E-state index in [1.807, 2.05) is 0 Å². The Morgan fingerprint density at radius 1 is 1.38 bits per heavy atom. The van der Waals surface area contributed by atoms with Crippen LogP contribution in [0.1, 0.15) is 0 Å². The van der Waals surface area contributed by atoms with Crippen LogP contribution in [0, 0.1) is 11.8 Å². The van der Waals surface area contributed by atoms with E-state index in [2.05, 4.69) is 4.84 Å². The average Bonchev–Trinajstić information content (AvgIpc) is 2.22. The molecule has 2 atom stereocenters. The van der Waals surface area contributed by atoms with Crippen LogP contribution in [0.5, 0.6) is 0 Å². The summed E-state index contributed by atoms with van der Waals surface area (Å²) < 4.78 is 5.14. The van der Waals surface area contributed by atoms with Gasteiger partial charge in [-0.2, -0.15) is 0 Å². The molecule has 0 spiro atoms. The number of hydrogen-bond acceptors (Lipinski definition) is 2. The third-order valence-electron chi connectivity index (χ3n) is 2.08. The monoisotopic (exact) mass is 133 g/mol. The summed E-state index contributed by atoms with van der Waals surface area (Å²) in [7, 11) is 0. The summed E-state index contributed by atoms with van der Waals surface area (Å²) >= 11 is 5.40. The fraction of sp³-hybridized carbons (Fsp3) is 1.00. The smallest absolute Gasteiger partial charge is 0.0514 e. The van der Waals surface area contributed by atoms with Gasteiger partial charge in [0.05, 0.1) is 13.2 Å². The molecule has 2 aliphatic rings. The second kappa shape index (κ2) is 1.59. The van der Waals surface area contributed by atoms with Gasteiger partial charge >= 0.3 is 0 Å². The molecule has 0 aromatic carbocycles. The van der Waals surface area contributed by atoms with Gasteiger partial charge < -0.3 is 4.74 Å². The number of rotatable bonds is 1. The van der Waals surface area contributed by atoms with Gasteiger partial charge in [-0.3, -0.25) is 0 Å². The van der Waals surface area contributed by atoms with Crippen LogP contribution in [0.15, 0.2) is 0 Å². The van der Waals surface area contributed by atoms with Gasteiger partial charge in [0.15, 0.2) is 0 Å². The van der Waals surface area contributed by atoms with Crippen LogP contribution in [0.2, 0.25) is 0 Å². The minimum Gasteiger partial charge on any atom is -0.381 e. The zero-order chi connectivity index (χ0) is 5.56. The second-order valence-electron chi connectivity index (χ2n) is 2.50. The van der Waals surface area contributed by atoms with Crippen molar-refractivity contribution in [1.82, 2.24) is 4.84 Å². The molecule has 1 N–H and O–H groups in total. The van der Waals surface area contributed by atoms with Crippen LogP contribution in [-0.2, 0) is 4.74 Å². The van der Waals surface area contributed by atoms with E-state index in [-0.39, 0.29) is 0 Å². The van der Waals surface area contributed by atoms with Crippen molar-refractivity contribution in [3.8, 4) is 0 Å². The Bertz CT molecular complexity index is 91.8. The summed E-state index contributed by atoms with van der Waals surface area (Å²) in [6.45, 7) is 1.82. The van der Waals surface area contributed by atoms with Gasteiger partial charge in [-0.25, -0.2) is 4.84 Å². The molecule has 0 aromatic heterocycles. The lowest BCUT2D eigenvalue weighted by Gasteiger charge is -1.97. The van der Waals surface area contributed by atoms with Crippen molar-refractivity contribution in [2.75, 3.05) is 13.2 Å². The van der Waals surface area contributed by atoms with Gasteiger partial charge in [0.25, 0.3) is 0 Å². The van der Waals surface area contributed by atoms with Crippen molar-refractivity contribution in [2.24, 2.45) is 11.8 Å². The van der Waals surface area contributed by atoms with Gasteiger partial charge in [0.1, 0.15) is 0 Å². The van der Waals surface area contributed by atoms with Gasteiger partial charge in [-0.05, 0) is 11.8 Å². The highest BCUT2D eigenvalue weighted by atomic mass is 35.5. The van der Waals surface area contributed by atoms with E-state index in [1.165, 1.54) is 0 Å². The van der Waals surface area contributed by atoms with E-state index in [9.17, 15) is 0 Å². The minimum atomic E-state index is 0.561. The van der Waals surface area contributed by atoms with Gasteiger partial charge in [0.2, 0.25) is 0 Å². The summed E-state index contributed by atoms with van der Waals surface area (Å²) in [5, 5.41) is 0. The van der Waals surface area contributed by atoms with Crippen LogP contribution in [0.3, 0.4) is 0 Å². The van der Waals surface area contributed by atoms with E-state index in [4.69, 9.17) is 16.5 Å². The van der Waals surface area contributed by atoms with Crippen LogP contribution in [0.25, 0.3) is 0 Å². The summed E-state index contributed by atoms with van der Waals surface area (Å²) in [6, 6.07) is 0.561. The van der Waals surface area contributed by atoms with E-state index >= 15 is 0 Å². The molecule has 1 saturated carbocycles. The fourth-order valence-corrected chi connectivity index (χ4v) is 1.73. The Hall–Kier alpha value is 0.210. The van der Waals surface area contributed by atoms with Crippen LogP contribution in [0.4, 0.5) is 0 Å². The predicted octanol–water partition coefficient (Wildman–Crippen LogP) is 0.375. The van der Waals surface area contributed by atoms with Crippen molar-refractivity contribution < 1.29 is 4.74 Å². The molecule has 1 heterocycles. The molecular weight excluding hydrogens is 126 g/mol. The second-order valence-corrected chi connectivity index (χ2v) is 2.72. The fourth-order valence-electron chi connectivity index (χ4n) is 1.40. The van der Waals surface area contributed by atoms with Gasteiger partial charge in [0, 0.05) is 17.9 Å². The summed E-state index contributed by atoms with van der Waals surface area (Å²) in [5.41, 5.74) is 0. The van der Waals surface area contributed by atoms with Crippen molar-refractivity contribution >= 4 is 11.8 Å². The minimum absolute atomic E-state index is 0.561. The third-order valence-corrected chi connectivity index (χ3v) is 2.33. The molecule has 1 aliphatic carbocycles. The zero-order valence-corrected chi connectivity index (χ0v) is 5.19. The van der Waals surface area contributed by atoms with E-state index in [0.29, 0.717) is 6.04 Å². The number of hydrogen-bond donors (Lipinski definition) is 1. The lowest BCUT2D eigenvalue weighted by Crippen LogP contribution is -2.12. The Labute approximate surface area is 53.3 Å². The van der Waals surface area contributed by atoms with Gasteiger partial charge in [-0.1, -0.05) is 0 Å². The Morgan fingerprint density at radius 2 is 2.00 bits per heavy atom. The molecule has 2 unspecified atom stereocenters. The first-order valence-corrected chi connectivity index (χ1v) is 3.25. The molecule has 0 amide bonds. The predicted molar refractivity (Wildman–Crippen MR) is 30.6 cm³/mol. The van der Waals surface area contributed by atoms with Crippen molar-refractivity contribution in [3.05, 3.63) is 0 Å². The SMILES string of the molecule is ClNC1C2COCC21. The Balaban J connectivity index is 1.94. The van der Waals surface area contributed by atoms with Crippen molar-refractivity contribution in [2.45, 2.75) is 6.04 Å². The first-order valence-electron chi connectivity index (χ1n) is 2.87. The lowest BCUT2D eigenvalue weighted by atomic mass is 10.4. The molecule has 0 bridgehead atoms. The third kappa shape index (κ3) is 0.508. The van der Waals surface area contributed by atoms with E-state index in [0.717, 1.165) is 25.0 Å². The summed E-state index contributed by atoms with van der Waals surface area (Å²) in [5.74, 6) is 1.46. The standard InChI is InChI=1S/C5H8ClNO/c6-7-5-3-1-8-2-4(3)5/h3-5,7H,1-2H2. The number of fused-ring (bicyclic) bond motifs is 1. The highest BCUT2D eigenvalue weighted by molar-refractivity contribution is 6.13. The molecule has 46 valence electrons. The summed E-state index contributed by atoms with van der Waals surface area (Å²) in [6.07, 6.45) is 0. The molecule has 1 aliphatic heterocycles. The van der Waals surface area contributed by atoms with Crippen molar-refractivity contribution in [1.29, 1.82) is 0 Å². The molecule has 0 aromatic rings. The maximum absolute atomic E-state index is 5.40. The molecular formula is C5H8ClNO. The molecule has 0 radical (unpaired) electrons. The average molecular weight is 134 g/mol. The van der Waals surface area contributed by atoms with Gasteiger partial charge in [-0.15, -0.1) is 0 Å². The highest BCUT2D eigenvalue weighted by Crippen LogP contribution is 2.44. The van der Waals surface area contributed by atoms with Crippen LogP contribution in [-0.4, -0.2) is 19.3 Å². The maximum atomic E-state index is 5.40. The Kier molecular flexibility index (Phi) is 1.00. The lowest BCUT2D eigenvalue weighted by molar-refractivity contribution is 0.159. The quantitative estimate of drug-likeness (QED) is 0.522. The number of ether oxygens (including phenoxy) is 1. The topological polar surface area (TPSA) is 21.3 Å². The molecule has 3 heteroatoms. The first-order chi connectivity index (χ1) is 3.93. The Morgan fingerprint density at radius 3 is 2.38 bits per heavy atom. The first kappa shape index (κ1) is 5.03. The molecule has 8 heavy (non-hydrogen) atoms. The number of halogens is 1. The summed E-state index contributed by atoms with van der Waals surface area (Å²) in [4.78, 5) is 2.73. The normalized spacial score (nSPS) is 51.4. The maximum Gasteiger partial charge on any atom is 0.0514 e. The van der Waals surface area contributed by atoms with E-state index in [1.54, 1.807) is 0 Å². The molecule has 2 nitrogen and oxygen atoms in total. The van der Waals surface area contributed by atoms with E-state index < -0.39 is 0 Å².